The monoisotopic (exact) mass is 300 g/mol. The number of methoxy groups -OCH3 is 1. The number of alkyl carbamates (subject to hydrolysis) is 1. The summed E-state index contributed by atoms with van der Waals surface area (Å²) in [5, 5.41) is 6.32. The molecular weight excluding hydrogens is 272 g/mol. The third-order valence-electron chi connectivity index (χ3n) is 3.42. The predicted molar refractivity (Wildman–Crippen MR) is 80.0 cm³/mol. The molecule has 0 saturated carbocycles. The number of ether oxygens (including phenoxy) is 2. The van der Waals surface area contributed by atoms with E-state index >= 15 is 0 Å². The molecule has 6 nitrogen and oxygen atoms in total. The molecule has 6 heteroatoms. The number of unbranched alkanes of at least 4 members (excludes halogenated alkanes) is 1. The van der Waals surface area contributed by atoms with Gasteiger partial charge < -0.3 is 20.1 Å². The molecule has 0 aromatic rings. The van der Waals surface area contributed by atoms with Crippen LogP contribution in [0.2, 0.25) is 0 Å². The molecule has 1 heterocycles. The maximum atomic E-state index is 11.8. The molecule has 0 aromatic carbocycles. The second-order valence-electron chi connectivity index (χ2n) is 6.42. The van der Waals surface area contributed by atoms with Crippen molar-refractivity contribution in [2.24, 2.45) is 0 Å². The van der Waals surface area contributed by atoms with Gasteiger partial charge in [0.25, 0.3) is 0 Å². The maximum Gasteiger partial charge on any atom is 0.407 e. The van der Waals surface area contributed by atoms with Crippen molar-refractivity contribution in [3.63, 3.8) is 0 Å². The van der Waals surface area contributed by atoms with E-state index in [0.29, 0.717) is 6.42 Å². The topological polar surface area (TPSA) is 76.7 Å². The van der Waals surface area contributed by atoms with Gasteiger partial charge in [0, 0.05) is 18.5 Å². The third kappa shape index (κ3) is 7.32. The van der Waals surface area contributed by atoms with E-state index in [0.717, 1.165) is 32.2 Å². The van der Waals surface area contributed by atoms with Crippen LogP contribution >= 0.6 is 0 Å². The molecule has 1 rings (SSSR count). The van der Waals surface area contributed by atoms with Gasteiger partial charge in [-0.1, -0.05) is 6.42 Å². The van der Waals surface area contributed by atoms with Crippen LogP contribution in [-0.4, -0.2) is 43.4 Å². The molecule has 1 aliphatic rings. The van der Waals surface area contributed by atoms with Crippen molar-refractivity contribution in [3.05, 3.63) is 0 Å². The van der Waals surface area contributed by atoms with Crippen molar-refractivity contribution < 1.29 is 19.1 Å². The van der Waals surface area contributed by atoms with Gasteiger partial charge in [-0.05, 0) is 46.6 Å². The van der Waals surface area contributed by atoms with Crippen LogP contribution in [0.1, 0.15) is 52.9 Å². The zero-order valence-electron chi connectivity index (χ0n) is 13.5. The van der Waals surface area contributed by atoms with E-state index < -0.39 is 5.60 Å². The second-order valence-corrected chi connectivity index (χ2v) is 6.42. The lowest BCUT2D eigenvalue weighted by Gasteiger charge is -2.24. The van der Waals surface area contributed by atoms with E-state index in [1.165, 1.54) is 7.11 Å². The number of esters is 1. The Balaban J connectivity index is 2.28. The molecule has 0 aromatic heterocycles. The fourth-order valence-electron chi connectivity index (χ4n) is 2.44. The summed E-state index contributed by atoms with van der Waals surface area (Å²) in [5.41, 5.74) is -0.480. The fourth-order valence-corrected chi connectivity index (χ4v) is 2.44. The number of rotatable bonds is 6. The first-order valence-electron chi connectivity index (χ1n) is 7.61. The highest BCUT2D eigenvalue weighted by molar-refractivity contribution is 5.69. The molecule has 1 fully saturated rings. The van der Waals surface area contributed by atoms with Gasteiger partial charge in [-0.2, -0.15) is 0 Å². The Kier molecular flexibility index (Phi) is 6.95. The summed E-state index contributed by atoms with van der Waals surface area (Å²) >= 11 is 0. The average molecular weight is 300 g/mol. The van der Waals surface area contributed by atoms with Gasteiger partial charge in [0.2, 0.25) is 0 Å². The highest BCUT2D eigenvalue weighted by Crippen LogP contribution is 2.15. The van der Waals surface area contributed by atoms with E-state index in [-0.39, 0.29) is 24.1 Å². The number of nitrogens with one attached hydrogen (secondary N) is 2. The van der Waals surface area contributed by atoms with Crippen LogP contribution in [0.3, 0.4) is 0 Å². The highest BCUT2D eigenvalue weighted by atomic mass is 16.6. The summed E-state index contributed by atoms with van der Waals surface area (Å²) in [5.74, 6) is -0.169. The number of carbonyl (C=O) groups excluding carboxylic acids is 2. The van der Waals surface area contributed by atoms with Crippen molar-refractivity contribution in [3.8, 4) is 0 Å². The van der Waals surface area contributed by atoms with Crippen LogP contribution < -0.4 is 10.6 Å². The Morgan fingerprint density at radius 1 is 1.29 bits per heavy atom. The lowest BCUT2D eigenvalue weighted by Crippen LogP contribution is -2.45. The molecule has 0 radical (unpaired) electrons. The Labute approximate surface area is 126 Å². The minimum Gasteiger partial charge on any atom is -0.469 e. The van der Waals surface area contributed by atoms with Crippen LogP contribution in [0.15, 0.2) is 0 Å². The van der Waals surface area contributed by atoms with E-state index in [1.807, 2.05) is 20.8 Å². The molecule has 2 N–H and O–H groups in total. The van der Waals surface area contributed by atoms with Crippen molar-refractivity contribution in [1.82, 2.24) is 10.6 Å². The molecule has 1 aliphatic heterocycles. The third-order valence-corrected chi connectivity index (χ3v) is 3.42. The quantitative estimate of drug-likeness (QED) is 0.579. The summed E-state index contributed by atoms with van der Waals surface area (Å²) in [6, 6.07) is 0.341. The lowest BCUT2D eigenvalue weighted by molar-refractivity contribution is -0.140. The van der Waals surface area contributed by atoms with Crippen LogP contribution in [-0.2, 0) is 14.3 Å². The molecule has 0 unspecified atom stereocenters. The van der Waals surface area contributed by atoms with Crippen molar-refractivity contribution >= 4 is 12.1 Å². The SMILES string of the molecule is COC(=O)CCCC[C@H]1NCC[C@@H]1NC(=O)OC(C)(C)C. The summed E-state index contributed by atoms with van der Waals surface area (Å²) in [6.07, 6.45) is 3.66. The minimum atomic E-state index is -0.480. The normalized spacial score (nSPS) is 21.9. The molecule has 2 atom stereocenters. The molecule has 1 amide bonds. The number of amides is 1. The largest absolute Gasteiger partial charge is 0.469 e. The van der Waals surface area contributed by atoms with Gasteiger partial charge in [0.05, 0.1) is 7.11 Å². The van der Waals surface area contributed by atoms with Crippen molar-refractivity contribution in [2.75, 3.05) is 13.7 Å². The maximum absolute atomic E-state index is 11.8. The first-order chi connectivity index (χ1) is 9.81. The zero-order valence-corrected chi connectivity index (χ0v) is 13.5. The van der Waals surface area contributed by atoms with E-state index in [9.17, 15) is 9.59 Å². The highest BCUT2D eigenvalue weighted by Gasteiger charge is 2.29. The first kappa shape index (κ1) is 17.8. The van der Waals surface area contributed by atoms with E-state index in [1.54, 1.807) is 0 Å². The van der Waals surface area contributed by atoms with Gasteiger partial charge >= 0.3 is 12.1 Å². The van der Waals surface area contributed by atoms with Gasteiger partial charge in [-0.3, -0.25) is 4.79 Å². The summed E-state index contributed by atoms with van der Waals surface area (Å²) < 4.78 is 9.89. The zero-order chi connectivity index (χ0) is 15.9. The Hall–Kier alpha value is -1.30. The van der Waals surface area contributed by atoms with Gasteiger partial charge in [-0.25, -0.2) is 4.79 Å². The first-order valence-corrected chi connectivity index (χ1v) is 7.61. The molecule has 0 bridgehead atoms. The number of carbonyl (C=O) groups is 2. The second kappa shape index (κ2) is 8.22. The fraction of sp³-hybridized carbons (Fsp3) is 0.867. The van der Waals surface area contributed by atoms with Crippen molar-refractivity contribution in [2.45, 2.75) is 70.6 Å². The van der Waals surface area contributed by atoms with Gasteiger partial charge in [0.1, 0.15) is 5.60 Å². The predicted octanol–water partition coefficient (Wildman–Crippen LogP) is 1.97. The van der Waals surface area contributed by atoms with Crippen LogP contribution in [0, 0.1) is 0 Å². The molecule has 122 valence electrons. The molecular formula is C15H28N2O4. The summed E-state index contributed by atoms with van der Waals surface area (Å²) in [4.78, 5) is 22.8. The molecule has 0 aliphatic carbocycles. The minimum absolute atomic E-state index is 0.0953. The Bertz CT molecular complexity index is 352. The molecule has 21 heavy (non-hydrogen) atoms. The summed E-state index contributed by atoms with van der Waals surface area (Å²) in [6.45, 7) is 6.44. The lowest BCUT2D eigenvalue weighted by atomic mass is 10.0. The molecule has 0 spiro atoms. The van der Waals surface area contributed by atoms with Crippen LogP contribution in [0.25, 0.3) is 0 Å². The average Bonchev–Trinajstić information content (AvgIpc) is 2.79. The Morgan fingerprint density at radius 2 is 2.00 bits per heavy atom. The molecule has 1 saturated heterocycles. The van der Waals surface area contributed by atoms with Crippen LogP contribution in [0.5, 0.6) is 0 Å². The summed E-state index contributed by atoms with van der Waals surface area (Å²) in [7, 11) is 1.40. The van der Waals surface area contributed by atoms with E-state index in [2.05, 4.69) is 15.4 Å². The number of hydrogen-bond acceptors (Lipinski definition) is 5. The van der Waals surface area contributed by atoms with Crippen LogP contribution in [0.4, 0.5) is 4.79 Å². The van der Waals surface area contributed by atoms with E-state index in [4.69, 9.17) is 4.74 Å². The smallest absolute Gasteiger partial charge is 0.407 e. The number of hydrogen-bond donors (Lipinski definition) is 2. The van der Waals surface area contributed by atoms with Crippen molar-refractivity contribution in [1.29, 1.82) is 0 Å². The standard InChI is InChI=1S/C15H28N2O4/c1-15(2,3)21-14(19)17-12-9-10-16-11(12)7-5-6-8-13(18)20-4/h11-12,16H,5-10H2,1-4H3,(H,17,19)/t11-,12+/m1/s1. The van der Waals surface area contributed by atoms with Gasteiger partial charge in [0.15, 0.2) is 0 Å². The van der Waals surface area contributed by atoms with Gasteiger partial charge in [-0.15, -0.1) is 0 Å². The Morgan fingerprint density at radius 3 is 2.62 bits per heavy atom.